The molecule has 2 aliphatic heterocycles. The standard InChI is InChI=1S/C34H28F3N5O3/c35-27-4-1-21(2-5-27)29-15-24(30-6-3-22(17-39-30)32(43)41-11-8-34(36,37)9-12-41)13-25-14-28(45-31(25)29)18-40-33(44)42-19-23-7-10-38-16-26(23)20-42/h1-7,10,13-17H,8-9,11-12,18-20H2,(H,40,44). The van der Waals surface area contributed by atoms with Gasteiger partial charge in [-0.3, -0.25) is 14.8 Å². The van der Waals surface area contributed by atoms with Crippen LogP contribution < -0.4 is 5.32 Å². The number of pyridine rings is 2. The summed E-state index contributed by atoms with van der Waals surface area (Å²) in [5.41, 5.74) is 5.74. The van der Waals surface area contributed by atoms with E-state index in [2.05, 4.69) is 15.3 Å². The molecule has 11 heteroatoms. The third kappa shape index (κ3) is 5.85. The maximum absolute atomic E-state index is 13.8. The van der Waals surface area contributed by atoms with Crippen LogP contribution in [0.15, 0.2) is 83.7 Å². The average molecular weight is 612 g/mol. The molecule has 0 spiro atoms. The fourth-order valence-electron chi connectivity index (χ4n) is 5.83. The fourth-order valence-corrected chi connectivity index (χ4v) is 5.83. The number of carbonyl (C=O) groups excluding carboxylic acids is 2. The number of furan rings is 1. The first-order valence-electron chi connectivity index (χ1n) is 14.6. The molecule has 2 aliphatic rings. The normalized spacial score (nSPS) is 15.7. The Kier molecular flexibility index (Phi) is 7.23. The van der Waals surface area contributed by atoms with E-state index in [1.165, 1.54) is 23.2 Å². The number of nitrogens with one attached hydrogen (secondary N) is 1. The van der Waals surface area contributed by atoms with Crippen LogP contribution in [0.2, 0.25) is 0 Å². The van der Waals surface area contributed by atoms with E-state index in [0.717, 1.165) is 27.6 Å². The largest absolute Gasteiger partial charge is 0.459 e. The number of urea groups is 1. The van der Waals surface area contributed by atoms with Crippen LogP contribution in [0.1, 0.15) is 40.1 Å². The molecule has 1 N–H and O–H groups in total. The van der Waals surface area contributed by atoms with Gasteiger partial charge in [0.2, 0.25) is 0 Å². The van der Waals surface area contributed by atoms with Gasteiger partial charge in [-0.05, 0) is 65.2 Å². The lowest BCUT2D eigenvalue weighted by atomic mass is 9.98. The van der Waals surface area contributed by atoms with Crippen LogP contribution in [0.4, 0.5) is 18.0 Å². The summed E-state index contributed by atoms with van der Waals surface area (Å²) >= 11 is 0. The van der Waals surface area contributed by atoms with E-state index in [1.54, 1.807) is 41.6 Å². The molecular formula is C34H28F3N5O3. The zero-order chi connectivity index (χ0) is 31.1. The Labute approximate surface area is 256 Å². The Balaban J connectivity index is 1.14. The predicted octanol–water partition coefficient (Wildman–Crippen LogP) is 6.79. The molecule has 1 fully saturated rings. The molecule has 0 atom stereocenters. The lowest BCUT2D eigenvalue weighted by Crippen LogP contribution is -2.42. The number of hydrogen-bond donors (Lipinski definition) is 1. The van der Waals surface area contributed by atoms with Gasteiger partial charge >= 0.3 is 6.03 Å². The smallest absolute Gasteiger partial charge is 0.318 e. The van der Waals surface area contributed by atoms with Gasteiger partial charge in [0.1, 0.15) is 17.2 Å². The van der Waals surface area contributed by atoms with Crippen LogP contribution in [0.3, 0.4) is 0 Å². The maximum Gasteiger partial charge on any atom is 0.318 e. The highest BCUT2D eigenvalue weighted by Gasteiger charge is 2.35. The first-order valence-corrected chi connectivity index (χ1v) is 14.6. The molecular weight excluding hydrogens is 583 g/mol. The third-order valence-electron chi connectivity index (χ3n) is 8.34. The van der Waals surface area contributed by atoms with Crippen LogP contribution >= 0.6 is 0 Å². The molecule has 7 rings (SSSR count). The highest BCUT2D eigenvalue weighted by atomic mass is 19.3. The second-order valence-corrected chi connectivity index (χ2v) is 11.4. The summed E-state index contributed by atoms with van der Waals surface area (Å²) in [7, 11) is 0. The summed E-state index contributed by atoms with van der Waals surface area (Å²) in [4.78, 5) is 37.6. The number of amides is 3. The number of hydrogen-bond acceptors (Lipinski definition) is 5. The molecule has 0 saturated carbocycles. The summed E-state index contributed by atoms with van der Waals surface area (Å²) < 4.78 is 47.1. The number of aromatic nitrogens is 2. The Morgan fingerprint density at radius 1 is 0.889 bits per heavy atom. The number of halogens is 3. The Bertz CT molecular complexity index is 1870. The van der Waals surface area contributed by atoms with Gasteiger partial charge in [-0.25, -0.2) is 18.0 Å². The van der Waals surface area contributed by atoms with E-state index in [4.69, 9.17) is 4.42 Å². The van der Waals surface area contributed by atoms with Gasteiger partial charge in [-0.15, -0.1) is 0 Å². The summed E-state index contributed by atoms with van der Waals surface area (Å²) in [6, 6.07) is 16.7. The van der Waals surface area contributed by atoms with E-state index >= 15 is 0 Å². The Morgan fingerprint density at radius 2 is 1.67 bits per heavy atom. The molecule has 5 heterocycles. The summed E-state index contributed by atoms with van der Waals surface area (Å²) in [6.07, 6.45) is 4.24. The van der Waals surface area contributed by atoms with Crippen LogP contribution in [-0.2, 0) is 19.6 Å². The molecule has 228 valence electrons. The van der Waals surface area contributed by atoms with Gasteiger partial charge in [-0.2, -0.15) is 0 Å². The molecule has 3 aromatic heterocycles. The molecule has 5 aromatic rings. The molecule has 8 nitrogen and oxygen atoms in total. The fraction of sp³-hybridized carbons (Fsp3) is 0.235. The first-order chi connectivity index (χ1) is 21.7. The van der Waals surface area contributed by atoms with E-state index in [1.807, 2.05) is 24.3 Å². The van der Waals surface area contributed by atoms with E-state index in [-0.39, 0.29) is 50.2 Å². The van der Waals surface area contributed by atoms with Crippen molar-refractivity contribution in [2.24, 2.45) is 0 Å². The van der Waals surface area contributed by atoms with Gasteiger partial charge in [-0.1, -0.05) is 12.1 Å². The van der Waals surface area contributed by atoms with Crippen LogP contribution in [-0.4, -0.2) is 50.7 Å². The quantitative estimate of drug-likeness (QED) is 0.236. The zero-order valence-corrected chi connectivity index (χ0v) is 24.1. The van der Waals surface area contributed by atoms with Crippen molar-refractivity contribution in [2.75, 3.05) is 13.1 Å². The number of piperidine rings is 1. The molecule has 0 radical (unpaired) electrons. The molecule has 0 aliphatic carbocycles. The Morgan fingerprint density at radius 3 is 2.40 bits per heavy atom. The van der Waals surface area contributed by atoms with E-state index < -0.39 is 5.92 Å². The van der Waals surface area contributed by atoms with Gasteiger partial charge < -0.3 is 19.5 Å². The summed E-state index contributed by atoms with van der Waals surface area (Å²) in [6.45, 7) is 1.15. The minimum atomic E-state index is -2.74. The number of benzene rings is 2. The number of nitrogens with zero attached hydrogens (tertiary/aromatic N) is 4. The first kappa shape index (κ1) is 28.6. The van der Waals surface area contributed by atoms with Crippen molar-refractivity contribution in [2.45, 2.75) is 38.4 Å². The number of likely N-dealkylation sites (tertiary alicyclic amines) is 1. The molecule has 45 heavy (non-hydrogen) atoms. The van der Waals surface area contributed by atoms with Crippen molar-refractivity contribution in [3.05, 3.63) is 108 Å². The minimum Gasteiger partial charge on any atom is -0.459 e. The van der Waals surface area contributed by atoms with Crippen molar-refractivity contribution in [3.63, 3.8) is 0 Å². The highest BCUT2D eigenvalue weighted by Crippen LogP contribution is 2.36. The van der Waals surface area contributed by atoms with Crippen LogP contribution in [0.5, 0.6) is 0 Å². The minimum absolute atomic E-state index is 0.00226. The topological polar surface area (TPSA) is 91.6 Å². The van der Waals surface area contributed by atoms with Crippen molar-refractivity contribution in [1.29, 1.82) is 0 Å². The van der Waals surface area contributed by atoms with Crippen molar-refractivity contribution < 1.29 is 27.2 Å². The van der Waals surface area contributed by atoms with Crippen molar-refractivity contribution in [1.82, 2.24) is 25.1 Å². The summed E-state index contributed by atoms with van der Waals surface area (Å²) in [5.74, 6) is -2.90. The molecule has 1 saturated heterocycles. The molecule has 3 amide bonds. The lowest BCUT2D eigenvalue weighted by molar-refractivity contribution is -0.0494. The van der Waals surface area contributed by atoms with Crippen molar-refractivity contribution in [3.8, 4) is 22.4 Å². The monoisotopic (exact) mass is 611 g/mol. The maximum atomic E-state index is 13.8. The third-order valence-corrected chi connectivity index (χ3v) is 8.34. The highest BCUT2D eigenvalue weighted by molar-refractivity contribution is 5.97. The van der Waals surface area contributed by atoms with Gasteiger partial charge in [0.25, 0.3) is 11.8 Å². The second-order valence-electron chi connectivity index (χ2n) is 11.4. The predicted molar refractivity (Wildman–Crippen MR) is 161 cm³/mol. The van der Waals surface area contributed by atoms with Crippen molar-refractivity contribution >= 4 is 22.9 Å². The number of fused-ring (bicyclic) bond motifs is 2. The number of carbonyl (C=O) groups is 2. The average Bonchev–Trinajstić information content (AvgIpc) is 3.68. The van der Waals surface area contributed by atoms with Gasteiger partial charge in [0, 0.05) is 74.1 Å². The number of rotatable bonds is 5. The summed E-state index contributed by atoms with van der Waals surface area (Å²) in [5, 5.41) is 3.69. The molecule has 0 bridgehead atoms. The van der Waals surface area contributed by atoms with Gasteiger partial charge in [0.05, 0.1) is 17.8 Å². The molecule has 0 unspecified atom stereocenters. The molecule has 2 aromatic carbocycles. The SMILES string of the molecule is O=C(NCc1cc2cc(-c3ccc(C(=O)N4CCC(F)(F)CC4)cn3)cc(-c3ccc(F)cc3)c2o1)N1Cc2ccncc2C1. The van der Waals surface area contributed by atoms with Crippen LogP contribution in [0.25, 0.3) is 33.4 Å². The zero-order valence-electron chi connectivity index (χ0n) is 24.1. The lowest BCUT2D eigenvalue weighted by Gasteiger charge is -2.31. The second kappa shape index (κ2) is 11.4. The van der Waals surface area contributed by atoms with Crippen LogP contribution in [0, 0.1) is 5.82 Å². The Hall–Kier alpha value is -5.19. The number of alkyl halides is 2. The van der Waals surface area contributed by atoms with Gasteiger partial charge in [0.15, 0.2) is 0 Å². The van der Waals surface area contributed by atoms with E-state index in [9.17, 15) is 22.8 Å². The van der Waals surface area contributed by atoms with E-state index in [0.29, 0.717) is 41.3 Å².